The summed E-state index contributed by atoms with van der Waals surface area (Å²) in [4.78, 5) is 21.7. The largest absolute Gasteiger partial charge is 0.418 e. The third-order valence-corrected chi connectivity index (χ3v) is 3.22. The second-order valence-corrected chi connectivity index (χ2v) is 5.12. The molecule has 0 amide bonds. The van der Waals surface area contributed by atoms with Gasteiger partial charge in [0.15, 0.2) is 0 Å². The van der Waals surface area contributed by atoms with Gasteiger partial charge in [-0.15, -0.1) is 0 Å². The molecule has 0 fully saturated rings. The zero-order chi connectivity index (χ0) is 17.0. The molecule has 23 heavy (non-hydrogen) atoms. The standard InChI is InChI=1S/C17H14N2O4/c1-11-3-5-13(6-4-11)7-14-8-15(10-18)17(23-12(2)20)16(9-14)19(21)22/h3-6,8-9H,7H2,1-2H3. The van der Waals surface area contributed by atoms with Crippen molar-refractivity contribution in [1.29, 1.82) is 5.26 Å². The van der Waals surface area contributed by atoms with E-state index in [4.69, 9.17) is 4.74 Å². The fourth-order valence-electron chi connectivity index (χ4n) is 2.19. The van der Waals surface area contributed by atoms with E-state index in [1.165, 1.54) is 12.1 Å². The number of benzene rings is 2. The predicted octanol–water partition coefficient (Wildman–Crippen LogP) is 3.29. The molecule has 0 atom stereocenters. The first-order chi connectivity index (χ1) is 10.9. The van der Waals surface area contributed by atoms with Crippen LogP contribution in [0.25, 0.3) is 0 Å². The molecule has 116 valence electrons. The van der Waals surface area contributed by atoms with Crippen LogP contribution in [0.15, 0.2) is 36.4 Å². The number of nitro groups is 1. The van der Waals surface area contributed by atoms with Crippen LogP contribution in [0.2, 0.25) is 0 Å². The van der Waals surface area contributed by atoms with Gasteiger partial charge in [-0.05, 0) is 30.5 Å². The molecule has 2 aromatic rings. The summed E-state index contributed by atoms with van der Waals surface area (Å²) in [6.45, 7) is 3.10. The summed E-state index contributed by atoms with van der Waals surface area (Å²) in [5.41, 5.74) is 2.27. The third-order valence-electron chi connectivity index (χ3n) is 3.22. The fourth-order valence-corrected chi connectivity index (χ4v) is 2.19. The molecule has 6 nitrogen and oxygen atoms in total. The van der Waals surface area contributed by atoms with Crippen molar-refractivity contribution in [1.82, 2.24) is 0 Å². The molecule has 0 bridgehead atoms. The number of hydrogen-bond donors (Lipinski definition) is 0. The lowest BCUT2D eigenvalue weighted by atomic mass is 10.0. The van der Waals surface area contributed by atoms with Gasteiger partial charge >= 0.3 is 11.7 Å². The Labute approximate surface area is 133 Å². The molecule has 0 saturated carbocycles. The molecular weight excluding hydrogens is 296 g/mol. The second-order valence-electron chi connectivity index (χ2n) is 5.12. The molecule has 0 N–H and O–H groups in total. The molecule has 0 saturated heterocycles. The zero-order valence-electron chi connectivity index (χ0n) is 12.7. The predicted molar refractivity (Wildman–Crippen MR) is 83.1 cm³/mol. The minimum Gasteiger partial charge on any atom is -0.418 e. The smallest absolute Gasteiger partial charge is 0.313 e. The Morgan fingerprint density at radius 3 is 2.43 bits per heavy atom. The minimum atomic E-state index is -0.712. The highest BCUT2D eigenvalue weighted by molar-refractivity contribution is 5.73. The van der Waals surface area contributed by atoms with Crippen molar-refractivity contribution in [2.45, 2.75) is 20.3 Å². The van der Waals surface area contributed by atoms with Gasteiger partial charge in [-0.25, -0.2) is 0 Å². The number of nitriles is 1. The molecule has 0 heterocycles. The van der Waals surface area contributed by atoms with Crippen LogP contribution in [0, 0.1) is 28.4 Å². The van der Waals surface area contributed by atoms with Gasteiger partial charge in [0.25, 0.3) is 0 Å². The van der Waals surface area contributed by atoms with Crippen molar-refractivity contribution in [3.05, 3.63) is 68.8 Å². The van der Waals surface area contributed by atoms with Crippen LogP contribution in [0.1, 0.15) is 29.2 Å². The molecule has 0 radical (unpaired) electrons. The van der Waals surface area contributed by atoms with Crippen molar-refractivity contribution in [2.24, 2.45) is 0 Å². The first-order valence-corrected chi connectivity index (χ1v) is 6.86. The van der Waals surface area contributed by atoms with E-state index < -0.39 is 10.9 Å². The highest BCUT2D eigenvalue weighted by Gasteiger charge is 2.23. The summed E-state index contributed by atoms with van der Waals surface area (Å²) < 4.78 is 4.85. The van der Waals surface area contributed by atoms with E-state index in [0.717, 1.165) is 18.1 Å². The van der Waals surface area contributed by atoms with Crippen molar-refractivity contribution in [3.63, 3.8) is 0 Å². The van der Waals surface area contributed by atoms with Gasteiger partial charge in [0.05, 0.1) is 4.92 Å². The number of esters is 1. The summed E-state index contributed by atoms with van der Waals surface area (Å²) in [7, 11) is 0. The van der Waals surface area contributed by atoms with E-state index in [2.05, 4.69) is 0 Å². The van der Waals surface area contributed by atoms with E-state index >= 15 is 0 Å². The Kier molecular flexibility index (Phi) is 4.72. The van der Waals surface area contributed by atoms with Gasteiger partial charge in [-0.2, -0.15) is 5.26 Å². The van der Waals surface area contributed by atoms with Crippen molar-refractivity contribution >= 4 is 11.7 Å². The Morgan fingerprint density at radius 1 is 1.26 bits per heavy atom. The Balaban J connectivity index is 2.47. The van der Waals surface area contributed by atoms with Crippen molar-refractivity contribution in [3.8, 4) is 11.8 Å². The lowest BCUT2D eigenvalue weighted by Gasteiger charge is -2.08. The Hall–Kier alpha value is -3.20. The quantitative estimate of drug-likeness (QED) is 0.374. The number of carbonyl (C=O) groups excluding carboxylic acids is 1. The number of ether oxygens (including phenoxy) is 1. The van der Waals surface area contributed by atoms with E-state index in [0.29, 0.717) is 12.0 Å². The maximum absolute atomic E-state index is 11.2. The van der Waals surface area contributed by atoms with Gasteiger partial charge in [0.1, 0.15) is 11.6 Å². The summed E-state index contributed by atoms with van der Waals surface area (Å²) >= 11 is 0. The highest BCUT2D eigenvalue weighted by atomic mass is 16.6. The van der Waals surface area contributed by atoms with Gasteiger partial charge in [0, 0.05) is 13.0 Å². The van der Waals surface area contributed by atoms with Crippen LogP contribution in [0.3, 0.4) is 0 Å². The zero-order valence-corrected chi connectivity index (χ0v) is 12.7. The van der Waals surface area contributed by atoms with Crippen LogP contribution in [-0.2, 0) is 11.2 Å². The topological polar surface area (TPSA) is 93.2 Å². The third kappa shape index (κ3) is 3.92. The number of carbonyl (C=O) groups is 1. The number of hydrogen-bond acceptors (Lipinski definition) is 5. The fraction of sp³-hybridized carbons (Fsp3) is 0.176. The van der Waals surface area contributed by atoms with E-state index in [1.807, 2.05) is 37.3 Å². The van der Waals surface area contributed by atoms with Crippen molar-refractivity contribution in [2.75, 3.05) is 0 Å². The summed E-state index contributed by atoms with van der Waals surface area (Å²) in [6, 6.07) is 12.4. The molecule has 6 heteroatoms. The lowest BCUT2D eigenvalue weighted by molar-refractivity contribution is -0.385. The SMILES string of the molecule is CC(=O)Oc1c(C#N)cc(Cc2ccc(C)cc2)cc1[N+](=O)[O-]. The molecule has 0 aromatic heterocycles. The van der Waals surface area contributed by atoms with Crippen molar-refractivity contribution < 1.29 is 14.5 Å². The Morgan fingerprint density at radius 2 is 1.91 bits per heavy atom. The molecule has 2 rings (SSSR count). The van der Waals surface area contributed by atoms with Gasteiger partial charge in [0.2, 0.25) is 5.75 Å². The molecule has 0 spiro atoms. The molecule has 0 unspecified atom stereocenters. The number of aryl methyl sites for hydroxylation is 1. The van der Waals surface area contributed by atoms with Gasteiger partial charge in [-0.3, -0.25) is 14.9 Å². The molecule has 2 aromatic carbocycles. The van der Waals surface area contributed by atoms with Crippen LogP contribution in [0.4, 0.5) is 5.69 Å². The summed E-state index contributed by atoms with van der Waals surface area (Å²) in [6.07, 6.45) is 0.441. The number of nitro benzene ring substituents is 1. The van der Waals surface area contributed by atoms with Crippen LogP contribution < -0.4 is 4.74 Å². The number of nitrogens with zero attached hydrogens (tertiary/aromatic N) is 2. The van der Waals surface area contributed by atoms with Crippen LogP contribution >= 0.6 is 0 Å². The molecule has 0 aliphatic rings. The minimum absolute atomic E-state index is 0.0310. The average molecular weight is 310 g/mol. The Bertz CT molecular complexity index is 805. The van der Waals surface area contributed by atoms with Gasteiger partial charge < -0.3 is 4.74 Å². The van der Waals surface area contributed by atoms with Gasteiger partial charge in [-0.1, -0.05) is 29.8 Å². The first-order valence-electron chi connectivity index (χ1n) is 6.86. The highest BCUT2D eigenvalue weighted by Crippen LogP contribution is 2.33. The maximum atomic E-state index is 11.2. The molecule has 0 aliphatic heterocycles. The lowest BCUT2D eigenvalue weighted by Crippen LogP contribution is -2.07. The number of rotatable bonds is 4. The van der Waals surface area contributed by atoms with Crippen LogP contribution in [0.5, 0.6) is 5.75 Å². The van der Waals surface area contributed by atoms with Crippen LogP contribution in [-0.4, -0.2) is 10.9 Å². The first kappa shape index (κ1) is 16.2. The maximum Gasteiger partial charge on any atom is 0.313 e. The van der Waals surface area contributed by atoms with E-state index in [9.17, 15) is 20.2 Å². The van der Waals surface area contributed by atoms with E-state index in [1.54, 1.807) is 0 Å². The normalized spacial score (nSPS) is 9.96. The summed E-state index contributed by atoms with van der Waals surface area (Å²) in [5.74, 6) is -1.02. The average Bonchev–Trinajstić information content (AvgIpc) is 2.50. The summed E-state index contributed by atoms with van der Waals surface area (Å²) in [5, 5.41) is 20.4. The molecule has 0 aliphatic carbocycles. The second kappa shape index (κ2) is 6.71. The molecular formula is C17H14N2O4. The monoisotopic (exact) mass is 310 g/mol. The van der Waals surface area contributed by atoms with E-state index in [-0.39, 0.29) is 17.0 Å².